The number of nitrogens with zero attached hydrogens (tertiary/aromatic N) is 4. The molecule has 1 aliphatic heterocycles. The number of pyridine rings is 1. The lowest BCUT2D eigenvalue weighted by Gasteiger charge is -2.08. The highest BCUT2D eigenvalue weighted by Gasteiger charge is 2.24. The Morgan fingerprint density at radius 3 is 2.92 bits per heavy atom. The molecule has 1 aromatic carbocycles. The predicted molar refractivity (Wildman–Crippen MR) is 105 cm³/mol. The molecule has 0 fully saturated rings. The van der Waals surface area contributed by atoms with Crippen molar-refractivity contribution in [3.05, 3.63) is 48.5 Å². The number of aromatic nitrogens is 4. The van der Waals surface area contributed by atoms with E-state index in [0.717, 1.165) is 52.4 Å². The average molecular weight is 343 g/mol. The third kappa shape index (κ3) is 2.27. The number of hydrogen-bond donors (Lipinski definition) is 1. The van der Waals surface area contributed by atoms with E-state index in [4.69, 9.17) is 5.73 Å². The number of fused-ring (bicyclic) bond motifs is 4. The second-order valence-electron chi connectivity index (χ2n) is 7.28. The van der Waals surface area contributed by atoms with Crippen molar-refractivity contribution >= 4 is 27.8 Å². The fraction of sp³-hybridized carbons (Fsp3) is 0.286. The first kappa shape index (κ1) is 15.3. The summed E-state index contributed by atoms with van der Waals surface area (Å²) in [6, 6.07) is 10.4. The topological polar surface area (TPSA) is 69.6 Å². The summed E-state index contributed by atoms with van der Waals surface area (Å²) in [5.74, 6) is 1.26. The molecule has 5 rings (SSSR count). The zero-order chi connectivity index (χ0) is 17.7. The average Bonchev–Trinajstić information content (AvgIpc) is 2.86. The van der Waals surface area contributed by atoms with E-state index in [1.165, 1.54) is 12.1 Å². The summed E-state index contributed by atoms with van der Waals surface area (Å²) in [6.45, 7) is 3.31. The van der Waals surface area contributed by atoms with Crippen LogP contribution in [0.5, 0.6) is 0 Å². The molecule has 4 aromatic rings. The van der Waals surface area contributed by atoms with Crippen LogP contribution in [0, 0.1) is 5.92 Å². The van der Waals surface area contributed by atoms with Gasteiger partial charge in [0.15, 0.2) is 0 Å². The third-order valence-electron chi connectivity index (χ3n) is 5.58. The van der Waals surface area contributed by atoms with Crippen LogP contribution in [0.3, 0.4) is 0 Å². The van der Waals surface area contributed by atoms with Crippen LogP contribution >= 0.6 is 0 Å². The minimum atomic E-state index is 0.548. The zero-order valence-corrected chi connectivity index (χ0v) is 14.8. The Hall–Kier alpha value is -2.95. The van der Waals surface area contributed by atoms with Gasteiger partial charge in [-0.2, -0.15) is 0 Å². The van der Waals surface area contributed by atoms with Crippen LogP contribution in [0.25, 0.3) is 33.1 Å². The molecule has 5 heteroatoms. The molecule has 5 nitrogen and oxygen atoms in total. The predicted octanol–water partition coefficient (Wildman–Crippen LogP) is 4.20. The van der Waals surface area contributed by atoms with Crippen LogP contribution in [0.1, 0.15) is 25.5 Å². The van der Waals surface area contributed by atoms with E-state index in [1.54, 1.807) is 6.33 Å². The van der Waals surface area contributed by atoms with Crippen molar-refractivity contribution in [2.24, 2.45) is 5.92 Å². The molecule has 0 saturated carbocycles. The van der Waals surface area contributed by atoms with Crippen molar-refractivity contribution in [2.45, 2.75) is 32.7 Å². The first-order valence-electron chi connectivity index (χ1n) is 9.19. The SMILES string of the molecule is C[C@H]1CCc2c(-c3cnc4ccccc4c3)c3c(N)ncnc3n2CC1. The zero-order valence-electron chi connectivity index (χ0n) is 14.8. The van der Waals surface area contributed by atoms with Crippen LogP contribution in [-0.2, 0) is 13.0 Å². The van der Waals surface area contributed by atoms with Crippen molar-refractivity contribution in [1.29, 1.82) is 0 Å². The summed E-state index contributed by atoms with van der Waals surface area (Å²) < 4.78 is 2.35. The van der Waals surface area contributed by atoms with Crippen LogP contribution in [-0.4, -0.2) is 19.5 Å². The lowest BCUT2D eigenvalue weighted by molar-refractivity contribution is 0.489. The Bertz CT molecular complexity index is 1130. The van der Waals surface area contributed by atoms with Gasteiger partial charge >= 0.3 is 0 Å². The van der Waals surface area contributed by atoms with Crippen LogP contribution in [0.2, 0.25) is 0 Å². The van der Waals surface area contributed by atoms with E-state index >= 15 is 0 Å². The number of hydrogen-bond acceptors (Lipinski definition) is 4. The maximum absolute atomic E-state index is 6.30. The molecule has 0 unspecified atom stereocenters. The molecular weight excluding hydrogens is 322 g/mol. The number of para-hydroxylation sites is 1. The molecule has 0 saturated heterocycles. The standard InChI is InChI=1S/C21H21N5/c1-13-6-7-17-18(15-10-14-4-2-3-5-16(14)23-11-15)19-20(22)24-12-25-21(19)26(17)9-8-13/h2-5,10-13H,6-9H2,1H3,(H2,22,24,25)/t13-/m0/s1. The summed E-state index contributed by atoms with van der Waals surface area (Å²) in [4.78, 5) is 13.5. The molecule has 26 heavy (non-hydrogen) atoms. The highest BCUT2D eigenvalue weighted by atomic mass is 15.1. The lowest BCUT2D eigenvalue weighted by Crippen LogP contribution is -2.02. The van der Waals surface area contributed by atoms with Crippen molar-refractivity contribution in [3.8, 4) is 11.1 Å². The second-order valence-corrected chi connectivity index (χ2v) is 7.28. The Morgan fingerprint density at radius 2 is 2.00 bits per heavy atom. The van der Waals surface area contributed by atoms with Gasteiger partial charge in [0.2, 0.25) is 0 Å². The largest absolute Gasteiger partial charge is 0.383 e. The normalized spacial score (nSPS) is 17.3. The van der Waals surface area contributed by atoms with Crippen LogP contribution in [0.4, 0.5) is 5.82 Å². The van der Waals surface area contributed by atoms with E-state index < -0.39 is 0 Å². The Balaban J connectivity index is 1.83. The summed E-state index contributed by atoms with van der Waals surface area (Å²) in [7, 11) is 0. The minimum absolute atomic E-state index is 0.548. The monoisotopic (exact) mass is 343 g/mol. The summed E-state index contributed by atoms with van der Waals surface area (Å²) in [6.07, 6.45) is 6.90. The quantitative estimate of drug-likeness (QED) is 0.562. The number of rotatable bonds is 1. The van der Waals surface area contributed by atoms with Crippen molar-refractivity contribution in [3.63, 3.8) is 0 Å². The molecule has 0 spiro atoms. The van der Waals surface area contributed by atoms with E-state index in [1.807, 2.05) is 24.4 Å². The first-order chi connectivity index (χ1) is 12.7. The summed E-state index contributed by atoms with van der Waals surface area (Å²) in [5.41, 5.74) is 11.8. The third-order valence-corrected chi connectivity index (χ3v) is 5.58. The molecule has 2 N–H and O–H groups in total. The van der Waals surface area contributed by atoms with Gasteiger partial charge in [-0.1, -0.05) is 25.1 Å². The molecule has 1 atom stereocenters. The molecule has 0 aliphatic carbocycles. The number of nitrogens with two attached hydrogens (primary N) is 1. The molecule has 1 aliphatic rings. The van der Waals surface area contributed by atoms with Gasteiger partial charge in [0, 0.05) is 34.9 Å². The summed E-state index contributed by atoms with van der Waals surface area (Å²) in [5, 5.41) is 2.10. The fourth-order valence-corrected chi connectivity index (χ4v) is 4.14. The number of anilines is 1. The molecule has 0 amide bonds. The highest BCUT2D eigenvalue weighted by molar-refractivity contribution is 6.03. The maximum atomic E-state index is 6.30. The van der Waals surface area contributed by atoms with E-state index in [9.17, 15) is 0 Å². The first-order valence-corrected chi connectivity index (χ1v) is 9.19. The van der Waals surface area contributed by atoms with Gasteiger partial charge in [0.05, 0.1) is 10.9 Å². The smallest absolute Gasteiger partial charge is 0.146 e. The van der Waals surface area contributed by atoms with Gasteiger partial charge in [0.1, 0.15) is 17.8 Å². The molecule has 0 radical (unpaired) electrons. The van der Waals surface area contributed by atoms with Gasteiger partial charge in [-0.05, 0) is 37.3 Å². The van der Waals surface area contributed by atoms with E-state index in [-0.39, 0.29) is 0 Å². The van der Waals surface area contributed by atoms with Gasteiger partial charge in [-0.25, -0.2) is 9.97 Å². The van der Waals surface area contributed by atoms with Crippen molar-refractivity contribution in [2.75, 3.05) is 5.73 Å². The Labute approximate surface area is 151 Å². The molecular formula is C21H21N5. The number of benzene rings is 1. The van der Waals surface area contributed by atoms with E-state index in [2.05, 4.69) is 38.6 Å². The highest BCUT2D eigenvalue weighted by Crippen LogP contribution is 2.39. The second kappa shape index (κ2) is 5.80. The van der Waals surface area contributed by atoms with Gasteiger partial charge in [0.25, 0.3) is 0 Å². The van der Waals surface area contributed by atoms with Gasteiger partial charge in [-0.15, -0.1) is 0 Å². The fourth-order valence-electron chi connectivity index (χ4n) is 4.14. The molecule has 130 valence electrons. The van der Waals surface area contributed by atoms with Crippen molar-refractivity contribution < 1.29 is 0 Å². The van der Waals surface area contributed by atoms with Crippen LogP contribution < -0.4 is 5.73 Å². The van der Waals surface area contributed by atoms with E-state index in [0.29, 0.717) is 11.7 Å². The molecule has 3 aromatic heterocycles. The molecule has 0 bridgehead atoms. The Kier molecular flexibility index (Phi) is 3.42. The maximum Gasteiger partial charge on any atom is 0.146 e. The minimum Gasteiger partial charge on any atom is -0.383 e. The van der Waals surface area contributed by atoms with Gasteiger partial charge in [-0.3, -0.25) is 4.98 Å². The summed E-state index contributed by atoms with van der Waals surface area (Å²) >= 11 is 0. The Morgan fingerprint density at radius 1 is 1.12 bits per heavy atom. The van der Waals surface area contributed by atoms with Gasteiger partial charge < -0.3 is 10.3 Å². The lowest BCUT2D eigenvalue weighted by atomic mass is 9.97. The molecule has 4 heterocycles. The van der Waals surface area contributed by atoms with Crippen molar-refractivity contribution in [1.82, 2.24) is 19.5 Å². The number of nitrogen functional groups attached to an aromatic ring is 1. The number of aryl methyl sites for hydroxylation is 1. The van der Waals surface area contributed by atoms with Crippen LogP contribution in [0.15, 0.2) is 42.9 Å².